The van der Waals surface area contributed by atoms with Crippen molar-refractivity contribution in [2.45, 2.75) is 20.0 Å². The van der Waals surface area contributed by atoms with Crippen LogP contribution >= 0.6 is 0 Å². The van der Waals surface area contributed by atoms with E-state index in [1.54, 1.807) is 18.2 Å². The van der Waals surface area contributed by atoms with E-state index in [-0.39, 0.29) is 17.1 Å². The molecule has 0 saturated heterocycles. The zero-order valence-corrected chi connectivity index (χ0v) is 11.9. The van der Waals surface area contributed by atoms with Crippen LogP contribution in [-0.2, 0) is 4.74 Å². The summed E-state index contributed by atoms with van der Waals surface area (Å²) >= 11 is 0. The average molecular weight is 284 g/mol. The van der Waals surface area contributed by atoms with Crippen LogP contribution in [0.5, 0.6) is 5.75 Å². The molecule has 0 heterocycles. The van der Waals surface area contributed by atoms with Gasteiger partial charge < -0.3 is 9.84 Å². The minimum absolute atomic E-state index is 0.0260. The van der Waals surface area contributed by atoms with Crippen molar-refractivity contribution in [1.29, 1.82) is 0 Å². The monoisotopic (exact) mass is 284 g/mol. The van der Waals surface area contributed by atoms with Crippen LogP contribution < -0.4 is 0 Å². The number of ether oxygens (including phenoxy) is 1. The molecule has 2 aromatic carbocycles. The van der Waals surface area contributed by atoms with Gasteiger partial charge in [0, 0.05) is 5.56 Å². The normalized spacial score (nSPS) is 11.7. The highest BCUT2D eigenvalue weighted by atomic mass is 16.5. The summed E-state index contributed by atoms with van der Waals surface area (Å²) in [6, 6.07) is 12.9. The summed E-state index contributed by atoms with van der Waals surface area (Å²) in [7, 11) is 0. The molecule has 4 nitrogen and oxygen atoms in total. The fourth-order valence-electron chi connectivity index (χ4n) is 1.87. The van der Waals surface area contributed by atoms with Crippen LogP contribution in [0.1, 0.15) is 33.2 Å². The number of rotatable bonds is 4. The maximum absolute atomic E-state index is 12.2. The molecule has 0 spiro atoms. The van der Waals surface area contributed by atoms with Gasteiger partial charge in [-0.2, -0.15) is 0 Å². The maximum atomic E-state index is 12.2. The number of benzene rings is 2. The molecule has 1 N–H and O–H groups in total. The lowest BCUT2D eigenvalue weighted by Crippen LogP contribution is -2.24. The Kier molecular flexibility index (Phi) is 4.38. The second kappa shape index (κ2) is 6.22. The molecule has 0 aromatic heterocycles. The molecule has 1 atom stereocenters. The van der Waals surface area contributed by atoms with Gasteiger partial charge in [0.15, 0.2) is 6.10 Å². The Morgan fingerprint density at radius 3 is 2.33 bits per heavy atom. The number of Topliss-reactive ketones (excluding diaryl/α,β-unsaturated/α-hetero) is 1. The van der Waals surface area contributed by atoms with Gasteiger partial charge >= 0.3 is 5.97 Å². The maximum Gasteiger partial charge on any atom is 0.338 e. The molecule has 0 fully saturated rings. The number of carbonyl (C=O) groups excluding carboxylic acids is 2. The molecular formula is C17H16O4. The molecule has 0 unspecified atom stereocenters. The van der Waals surface area contributed by atoms with E-state index < -0.39 is 12.1 Å². The van der Waals surface area contributed by atoms with Gasteiger partial charge in [-0.05, 0) is 32.0 Å². The summed E-state index contributed by atoms with van der Waals surface area (Å²) in [6.07, 6.45) is -0.887. The average Bonchev–Trinajstić information content (AvgIpc) is 2.47. The van der Waals surface area contributed by atoms with E-state index in [0.717, 1.165) is 5.56 Å². The molecule has 108 valence electrons. The van der Waals surface area contributed by atoms with Crippen molar-refractivity contribution in [2.75, 3.05) is 0 Å². The summed E-state index contributed by atoms with van der Waals surface area (Å²) in [6.45, 7) is 3.46. The highest BCUT2D eigenvalue weighted by Crippen LogP contribution is 2.14. The van der Waals surface area contributed by atoms with Crippen LogP contribution in [0.3, 0.4) is 0 Å². The number of phenolic OH excluding ortho intramolecular Hbond substituents is 1. The minimum Gasteiger partial charge on any atom is -0.508 e. The zero-order valence-electron chi connectivity index (χ0n) is 11.9. The van der Waals surface area contributed by atoms with E-state index in [1.807, 2.05) is 19.1 Å². The van der Waals surface area contributed by atoms with Gasteiger partial charge in [0.1, 0.15) is 5.75 Å². The van der Waals surface area contributed by atoms with Gasteiger partial charge in [0.2, 0.25) is 5.78 Å². The highest BCUT2D eigenvalue weighted by Gasteiger charge is 2.20. The Hall–Kier alpha value is -2.62. The second-order valence-electron chi connectivity index (χ2n) is 4.83. The first-order valence-corrected chi connectivity index (χ1v) is 6.58. The van der Waals surface area contributed by atoms with Crippen molar-refractivity contribution in [1.82, 2.24) is 0 Å². The van der Waals surface area contributed by atoms with Crippen LogP contribution in [-0.4, -0.2) is 23.0 Å². The van der Waals surface area contributed by atoms with Crippen molar-refractivity contribution < 1.29 is 19.4 Å². The summed E-state index contributed by atoms with van der Waals surface area (Å²) in [5.74, 6) is -0.927. The van der Waals surface area contributed by atoms with Crippen molar-refractivity contribution >= 4 is 11.8 Å². The van der Waals surface area contributed by atoms with Gasteiger partial charge in [-0.1, -0.05) is 35.9 Å². The molecule has 0 amide bonds. The van der Waals surface area contributed by atoms with E-state index in [2.05, 4.69) is 0 Å². The third-order valence-corrected chi connectivity index (χ3v) is 3.07. The third-order valence-electron chi connectivity index (χ3n) is 3.07. The van der Waals surface area contributed by atoms with Crippen LogP contribution in [0.4, 0.5) is 0 Å². The molecule has 0 aliphatic carbocycles. The van der Waals surface area contributed by atoms with Crippen LogP contribution in [0.25, 0.3) is 0 Å². The third kappa shape index (κ3) is 3.69. The van der Waals surface area contributed by atoms with Crippen LogP contribution in [0.15, 0.2) is 48.5 Å². The lowest BCUT2D eigenvalue weighted by molar-refractivity contribution is 0.0318. The molecule has 0 saturated carbocycles. The van der Waals surface area contributed by atoms with Crippen molar-refractivity contribution in [3.8, 4) is 5.75 Å². The van der Waals surface area contributed by atoms with Crippen molar-refractivity contribution in [3.63, 3.8) is 0 Å². The largest absolute Gasteiger partial charge is 0.508 e. The molecule has 2 aromatic rings. The number of carbonyl (C=O) groups is 2. The Labute approximate surface area is 123 Å². The molecule has 0 aliphatic rings. The van der Waals surface area contributed by atoms with E-state index in [9.17, 15) is 14.7 Å². The molecule has 0 bridgehead atoms. The SMILES string of the molecule is Cc1ccc(C(=O)[C@@H](C)OC(=O)c2cccc(O)c2)cc1. The predicted octanol–water partition coefficient (Wildman–Crippen LogP) is 3.13. The zero-order chi connectivity index (χ0) is 15.4. The van der Waals surface area contributed by atoms with E-state index in [1.165, 1.54) is 25.1 Å². The van der Waals surface area contributed by atoms with E-state index in [0.29, 0.717) is 5.56 Å². The van der Waals surface area contributed by atoms with E-state index >= 15 is 0 Å². The number of esters is 1. The highest BCUT2D eigenvalue weighted by molar-refractivity contribution is 6.01. The smallest absolute Gasteiger partial charge is 0.338 e. The van der Waals surface area contributed by atoms with Gasteiger partial charge in [0.25, 0.3) is 0 Å². The van der Waals surface area contributed by atoms with Crippen LogP contribution in [0.2, 0.25) is 0 Å². The number of aromatic hydroxyl groups is 1. The lowest BCUT2D eigenvalue weighted by Gasteiger charge is -2.12. The van der Waals surface area contributed by atoms with E-state index in [4.69, 9.17) is 4.74 Å². The molecular weight excluding hydrogens is 268 g/mol. The van der Waals surface area contributed by atoms with Gasteiger partial charge in [0.05, 0.1) is 5.56 Å². The fourth-order valence-corrected chi connectivity index (χ4v) is 1.87. The molecule has 0 radical (unpaired) electrons. The quantitative estimate of drug-likeness (QED) is 0.692. The Balaban J connectivity index is 2.07. The minimum atomic E-state index is -0.887. The Bertz CT molecular complexity index is 659. The Morgan fingerprint density at radius 1 is 1.05 bits per heavy atom. The topological polar surface area (TPSA) is 63.6 Å². The molecule has 4 heteroatoms. The number of aryl methyl sites for hydroxylation is 1. The number of hydrogen-bond donors (Lipinski definition) is 1. The first-order chi connectivity index (χ1) is 9.97. The number of phenols is 1. The summed E-state index contributed by atoms with van der Waals surface area (Å²) in [5, 5.41) is 9.33. The standard InChI is InChI=1S/C17H16O4/c1-11-6-8-13(9-7-11)16(19)12(2)21-17(20)14-4-3-5-15(18)10-14/h3-10,12,18H,1-2H3/t12-/m1/s1. The fraction of sp³-hybridized carbons (Fsp3) is 0.176. The molecule has 21 heavy (non-hydrogen) atoms. The van der Waals surface area contributed by atoms with Crippen molar-refractivity contribution in [2.24, 2.45) is 0 Å². The first kappa shape index (κ1) is 14.8. The Morgan fingerprint density at radius 2 is 1.71 bits per heavy atom. The van der Waals surface area contributed by atoms with Crippen LogP contribution in [0, 0.1) is 6.92 Å². The number of hydrogen-bond acceptors (Lipinski definition) is 4. The second-order valence-corrected chi connectivity index (χ2v) is 4.83. The molecule has 0 aliphatic heterocycles. The van der Waals surface area contributed by atoms with Gasteiger partial charge in [-0.25, -0.2) is 4.79 Å². The van der Waals surface area contributed by atoms with Crippen molar-refractivity contribution in [3.05, 3.63) is 65.2 Å². The summed E-state index contributed by atoms with van der Waals surface area (Å²) < 4.78 is 5.14. The van der Waals surface area contributed by atoms with Gasteiger partial charge in [-0.3, -0.25) is 4.79 Å². The lowest BCUT2D eigenvalue weighted by atomic mass is 10.1. The molecule has 2 rings (SSSR count). The first-order valence-electron chi connectivity index (χ1n) is 6.58. The summed E-state index contributed by atoms with van der Waals surface area (Å²) in [5.41, 5.74) is 1.76. The van der Waals surface area contributed by atoms with Gasteiger partial charge in [-0.15, -0.1) is 0 Å². The number of ketones is 1. The summed E-state index contributed by atoms with van der Waals surface area (Å²) in [4.78, 5) is 24.1. The predicted molar refractivity (Wildman–Crippen MR) is 78.5 cm³/mol.